The Morgan fingerprint density at radius 3 is 2.29 bits per heavy atom. The number of carbonyl (C=O) groups is 2. The zero-order valence-corrected chi connectivity index (χ0v) is 24.4. The van der Waals surface area contributed by atoms with Crippen LogP contribution < -0.4 is 15.8 Å². The Morgan fingerprint density at radius 2 is 1.59 bits per heavy atom. The average Bonchev–Trinajstić information content (AvgIpc) is 3.00. The minimum absolute atomic E-state index is 0.0344. The fourth-order valence-corrected chi connectivity index (χ4v) is 6.26. The van der Waals surface area contributed by atoms with E-state index in [1.165, 1.54) is 29.5 Å². The molecule has 216 valence electrons. The summed E-state index contributed by atoms with van der Waals surface area (Å²) in [6, 6.07) is 19.9. The van der Waals surface area contributed by atoms with Crippen LogP contribution in [0.5, 0.6) is 5.75 Å². The maximum Gasteiger partial charge on any atom is 0.255 e. The number of nitrogens with one attached hydrogen (secondary N) is 1. The number of aryl methyl sites for hydroxylation is 1. The quantitative estimate of drug-likeness (QED) is 0.270. The first-order chi connectivity index (χ1) is 20.0. The van der Waals surface area contributed by atoms with Gasteiger partial charge in [0.2, 0.25) is 0 Å². The Labute approximate surface area is 248 Å². The number of hydrogen-bond donors (Lipinski definition) is 2. The lowest BCUT2D eigenvalue weighted by atomic mass is 9.83. The topological polar surface area (TPSA) is 84.7 Å². The predicted octanol–water partition coefficient (Wildman–Crippen LogP) is 6.14. The molecule has 5 rings (SSSR count). The van der Waals surface area contributed by atoms with Crippen molar-refractivity contribution in [3.8, 4) is 16.9 Å². The van der Waals surface area contributed by atoms with E-state index in [2.05, 4.69) is 22.3 Å². The second-order valence-electron chi connectivity index (χ2n) is 11.2. The minimum Gasteiger partial charge on any atom is -0.483 e. The monoisotopic (exact) mass is 573 g/mol. The lowest BCUT2D eigenvalue weighted by Gasteiger charge is -2.34. The van der Waals surface area contributed by atoms with Gasteiger partial charge in [-0.05, 0) is 129 Å². The SMILES string of the molecule is NC(=O)COc1c(C2CCN(CCCCNC(=O)c3ccc(-c4ccc(Cl)cc4)cc3)CC2)ccc2c1CCCC2. The molecule has 3 aromatic carbocycles. The van der Waals surface area contributed by atoms with Crippen LogP contribution >= 0.6 is 11.6 Å². The molecule has 1 aliphatic heterocycles. The van der Waals surface area contributed by atoms with E-state index in [9.17, 15) is 9.59 Å². The zero-order valence-electron chi connectivity index (χ0n) is 23.7. The molecule has 1 saturated heterocycles. The molecule has 1 aliphatic carbocycles. The van der Waals surface area contributed by atoms with E-state index in [0.717, 1.165) is 75.0 Å². The molecule has 0 unspecified atom stereocenters. The van der Waals surface area contributed by atoms with Crippen molar-refractivity contribution in [2.75, 3.05) is 32.8 Å². The highest BCUT2D eigenvalue weighted by Gasteiger charge is 2.26. The third kappa shape index (κ3) is 7.69. The maximum atomic E-state index is 12.6. The standard InChI is InChI=1S/C34H40ClN3O3/c35-29-14-11-25(12-15-29)24-7-9-28(10-8-24)34(40)37-19-3-4-20-38-21-17-27(18-22-38)31-16-13-26-5-1-2-6-30(26)33(31)41-23-32(36)39/h7-16,27H,1-6,17-23H2,(H2,36,39)(H,37,40). The number of ether oxygens (including phenoxy) is 1. The smallest absolute Gasteiger partial charge is 0.255 e. The molecule has 1 fully saturated rings. The van der Waals surface area contributed by atoms with Crippen LogP contribution in [0.1, 0.15) is 71.5 Å². The lowest BCUT2D eigenvalue weighted by molar-refractivity contribution is -0.119. The predicted molar refractivity (Wildman–Crippen MR) is 165 cm³/mol. The van der Waals surface area contributed by atoms with Crippen molar-refractivity contribution in [2.24, 2.45) is 5.73 Å². The zero-order chi connectivity index (χ0) is 28.6. The van der Waals surface area contributed by atoms with Crippen LogP contribution in [-0.2, 0) is 17.6 Å². The number of piperidine rings is 1. The number of nitrogens with zero attached hydrogens (tertiary/aromatic N) is 1. The number of carbonyl (C=O) groups excluding carboxylic acids is 2. The molecule has 6 nitrogen and oxygen atoms in total. The van der Waals surface area contributed by atoms with E-state index in [4.69, 9.17) is 22.1 Å². The molecule has 3 aromatic rings. The number of unbranched alkanes of at least 4 members (excludes halogenated alkanes) is 1. The largest absolute Gasteiger partial charge is 0.483 e. The van der Waals surface area contributed by atoms with Gasteiger partial charge in [-0.25, -0.2) is 0 Å². The first kappa shape index (κ1) is 29.2. The molecule has 0 radical (unpaired) electrons. The number of halogens is 1. The Bertz CT molecular complexity index is 1330. The molecule has 41 heavy (non-hydrogen) atoms. The van der Waals surface area contributed by atoms with E-state index < -0.39 is 5.91 Å². The fourth-order valence-electron chi connectivity index (χ4n) is 6.14. The van der Waals surface area contributed by atoms with E-state index in [0.29, 0.717) is 23.0 Å². The molecule has 0 spiro atoms. The summed E-state index contributed by atoms with van der Waals surface area (Å²) in [7, 11) is 0. The first-order valence-corrected chi connectivity index (χ1v) is 15.3. The van der Waals surface area contributed by atoms with Gasteiger partial charge in [0.15, 0.2) is 6.61 Å². The van der Waals surface area contributed by atoms with Gasteiger partial charge in [0.1, 0.15) is 5.75 Å². The van der Waals surface area contributed by atoms with Crippen LogP contribution in [0, 0.1) is 0 Å². The average molecular weight is 574 g/mol. The molecule has 0 saturated carbocycles. The summed E-state index contributed by atoms with van der Waals surface area (Å²) in [5.74, 6) is 0.900. The number of nitrogens with two attached hydrogens (primary N) is 1. The highest BCUT2D eigenvalue weighted by Crippen LogP contribution is 2.40. The summed E-state index contributed by atoms with van der Waals surface area (Å²) >= 11 is 5.98. The van der Waals surface area contributed by atoms with E-state index in [1.54, 1.807) is 0 Å². The second kappa shape index (κ2) is 14.0. The normalized spacial score (nSPS) is 15.7. The summed E-state index contributed by atoms with van der Waals surface area (Å²) in [5.41, 5.74) is 12.1. The molecule has 0 bridgehead atoms. The summed E-state index contributed by atoms with van der Waals surface area (Å²) in [6.07, 6.45) is 8.62. The van der Waals surface area contributed by atoms with Crippen molar-refractivity contribution in [3.63, 3.8) is 0 Å². The second-order valence-corrected chi connectivity index (χ2v) is 11.7. The highest BCUT2D eigenvalue weighted by atomic mass is 35.5. The molecule has 0 aromatic heterocycles. The van der Waals surface area contributed by atoms with Gasteiger partial charge >= 0.3 is 0 Å². The Hall–Kier alpha value is -3.35. The van der Waals surface area contributed by atoms with E-state index in [1.807, 2.05) is 48.5 Å². The molecular weight excluding hydrogens is 534 g/mol. The summed E-state index contributed by atoms with van der Waals surface area (Å²) in [5, 5.41) is 3.77. The molecule has 3 N–H and O–H groups in total. The van der Waals surface area contributed by atoms with Crippen LogP contribution in [0.4, 0.5) is 0 Å². The molecular formula is C34H40ClN3O3. The van der Waals surface area contributed by atoms with Gasteiger partial charge in [-0.1, -0.05) is 48.0 Å². The molecule has 2 amide bonds. The van der Waals surface area contributed by atoms with Crippen LogP contribution in [0.3, 0.4) is 0 Å². The number of fused-ring (bicyclic) bond motifs is 1. The van der Waals surface area contributed by atoms with Crippen molar-refractivity contribution < 1.29 is 14.3 Å². The highest BCUT2D eigenvalue weighted by molar-refractivity contribution is 6.30. The molecule has 7 heteroatoms. The van der Waals surface area contributed by atoms with Crippen LogP contribution in [-0.4, -0.2) is 49.5 Å². The van der Waals surface area contributed by atoms with Crippen LogP contribution in [0.2, 0.25) is 5.02 Å². The number of likely N-dealkylation sites (tertiary alicyclic amines) is 1. The Balaban J connectivity index is 1.04. The van der Waals surface area contributed by atoms with Crippen molar-refractivity contribution >= 4 is 23.4 Å². The van der Waals surface area contributed by atoms with Gasteiger partial charge < -0.3 is 20.7 Å². The van der Waals surface area contributed by atoms with Gasteiger partial charge in [0.25, 0.3) is 11.8 Å². The Kier molecular flexibility index (Phi) is 9.97. The van der Waals surface area contributed by atoms with E-state index >= 15 is 0 Å². The number of primary amides is 1. The number of rotatable bonds is 11. The van der Waals surface area contributed by atoms with Crippen LogP contribution in [0.25, 0.3) is 11.1 Å². The molecule has 2 aliphatic rings. The first-order valence-electron chi connectivity index (χ1n) is 14.9. The van der Waals surface area contributed by atoms with Crippen molar-refractivity contribution in [1.82, 2.24) is 10.2 Å². The number of amides is 2. The third-order valence-corrected chi connectivity index (χ3v) is 8.66. The summed E-state index contributed by atoms with van der Waals surface area (Å²) < 4.78 is 6.02. The van der Waals surface area contributed by atoms with Crippen molar-refractivity contribution in [3.05, 3.63) is 87.9 Å². The number of hydrogen-bond acceptors (Lipinski definition) is 4. The summed E-state index contributed by atoms with van der Waals surface area (Å²) in [4.78, 5) is 26.6. The van der Waals surface area contributed by atoms with Gasteiger partial charge in [-0.15, -0.1) is 0 Å². The molecule has 0 atom stereocenters. The van der Waals surface area contributed by atoms with Crippen LogP contribution in [0.15, 0.2) is 60.7 Å². The Morgan fingerprint density at radius 1 is 0.902 bits per heavy atom. The van der Waals surface area contributed by atoms with Gasteiger partial charge in [0, 0.05) is 17.1 Å². The third-order valence-electron chi connectivity index (χ3n) is 8.41. The van der Waals surface area contributed by atoms with Gasteiger partial charge in [0.05, 0.1) is 0 Å². The minimum atomic E-state index is -0.428. The maximum absolute atomic E-state index is 12.6. The van der Waals surface area contributed by atoms with Crippen molar-refractivity contribution in [1.29, 1.82) is 0 Å². The van der Waals surface area contributed by atoms with Crippen molar-refractivity contribution in [2.45, 2.75) is 57.3 Å². The van der Waals surface area contributed by atoms with Gasteiger partial charge in [-0.2, -0.15) is 0 Å². The lowest BCUT2D eigenvalue weighted by Crippen LogP contribution is -2.34. The van der Waals surface area contributed by atoms with Gasteiger partial charge in [-0.3, -0.25) is 9.59 Å². The number of benzene rings is 3. The molecule has 1 heterocycles. The fraction of sp³-hybridized carbons (Fsp3) is 0.412. The van der Waals surface area contributed by atoms with E-state index in [-0.39, 0.29) is 12.5 Å². The summed E-state index contributed by atoms with van der Waals surface area (Å²) in [6.45, 7) is 3.73.